The molecule has 18 heavy (non-hydrogen) atoms. The number of rotatable bonds is 2. The van der Waals surface area contributed by atoms with Gasteiger partial charge in [-0.2, -0.15) is 0 Å². The smallest absolute Gasteiger partial charge is 0.223 e. The van der Waals surface area contributed by atoms with E-state index in [-0.39, 0.29) is 0 Å². The highest BCUT2D eigenvalue weighted by Gasteiger charge is 2.32. The highest BCUT2D eigenvalue weighted by molar-refractivity contribution is 5.77. The third kappa shape index (κ3) is 3.25. The van der Waals surface area contributed by atoms with E-state index in [1.165, 1.54) is 19.3 Å². The Morgan fingerprint density at radius 2 is 2.11 bits per heavy atom. The van der Waals surface area contributed by atoms with E-state index in [4.69, 9.17) is 0 Å². The Morgan fingerprint density at radius 1 is 1.33 bits per heavy atom. The predicted molar refractivity (Wildman–Crippen MR) is 74.3 cm³/mol. The first-order chi connectivity index (χ1) is 8.58. The molecule has 0 radical (unpaired) electrons. The molecule has 2 heterocycles. The van der Waals surface area contributed by atoms with Crippen molar-refractivity contribution in [2.75, 3.05) is 19.6 Å². The number of likely N-dealkylation sites (tertiary alicyclic amines) is 1. The maximum absolute atomic E-state index is 12.5. The van der Waals surface area contributed by atoms with E-state index in [2.05, 4.69) is 31.0 Å². The minimum Gasteiger partial charge on any atom is -0.339 e. The second-order valence-corrected chi connectivity index (χ2v) is 6.52. The van der Waals surface area contributed by atoms with Gasteiger partial charge in [-0.1, -0.05) is 13.8 Å². The fourth-order valence-corrected chi connectivity index (χ4v) is 3.51. The average molecular weight is 252 g/mol. The summed E-state index contributed by atoms with van der Waals surface area (Å²) in [5.74, 6) is 2.24. The molecule has 0 aromatic rings. The van der Waals surface area contributed by atoms with Crippen LogP contribution >= 0.6 is 0 Å². The first-order valence-corrected chi connectivity index (χ1v) is 7.58. The normalized spacial score (nSPS) is 37.6. The maximum Gasteiger partial charge on any atom is 0.223 e. The summed E-state index contributed by atoms with van der Waals surface area (Å²) in [6.07, 6.45) is 4.44. The quantitative estimate of drug-likeness (QED) is 0.817. The summed E-state index contributed by atoms with van der Waals surface area (Å²) in [5.41, 5.74) is 0. The van der Waals surface area contributed by atoms with Gasteiger partial charge in [0.1, 0.15) is 0 Å². The largest absolute Gasteiger partial charge is 0.339 e. The molecule has 1 N–H and O–H groups in total. The molecule has 0 spiro atoms. The van der Waals surface area contributed by atoms with E-state index < -0.39 is 0 Å². The molecule has 2 saturated heterocycles. The van der Waals surface area contributed by atoms with Crippen LogP contribution in [0.1, 0.15) is 46.5 Å². The predicted octanol–water partition coefficient (Wildman–Crippen LogP) is 2.27. The number of nitrogens with one attached hydrogen (secondary N) is 1. The lowest BCUT2D eigenvalue weighted by Gasteiger charge is -2.41. The standard InChI is InChI=1S/C15H28N2O/c1-11-7-12(2)13(3)17(10-11)15(18)8-14-5-4-6-16-9-14/h11-14,16H,4-10H2,1-3H3. The fourth-order valence-electron chi connectivity index (χ4n) is 3.51. The van der Waals surface area contributed by atoms with Gasteiger partial charge >= 0.3 is 0 Å². The zero-order chi connectivity index (χ0) is 13.1. The molecule has 2 aliphatic heterocycles. The number of amides is 1. The van der Waals surface area contributed by atoms with Crippen molar-refractivity contribution >= 4 is 5.91 Å². The Hall–Kier alpha value is -0.570. The zero-order valence-corrected chi connectivity index (χ0v) is 12.1. The van der Waals surface area contributed by atoms with Crippen LogP contribution in [0.3, 0.4) is 0 Å². The van der Waals surface area contributed by atoms with Gasteiger partial charge in [0, 0.05) is 19.0 Å². The van der Waals surface area contributed by atoms with E-state index in [1.54, 1.807) is 0 Å². The lowest BCUT2D eigenvalue weighted by molar-refractivity contribution is -0.138. The second-order valence-electron chi connectivity index (χ2n) is 6.52. The van der Waals surface area contributed by atoms with E-state index in [0.717, 1.165) is 26.1 Å². The topological polar surface area (TPSA) is 32.3 Å². The number of carbonyl (C=O) groups excluding carboxylic acids is 1. The summed E-state index contributed by atoms with van der Waals surface area (Å²) in [7, 11) is 0. The monoisotopic (exact) mass is 252 g/mol. The average Bonchev–Trinajstić information content (AvgIpc) is 2.35. The Bertz CT molecular complexity index is 286. The first-order valence-electron chi connectivity index (χ1n) is 7.58. The Morgan fingerprint density at radius 3 is 2.78 bits per heavy atom. The fraction of sp³-hybridized carbons (Fsp3) is 0.933. The number of hydrogen-bond donors (Lipinski definition) is 1. The first kappa shape index (κ1) is 13.9. The van der Waals surface area contributed by atoms with E-state index in [1.807, 2.05) is 0 Å². The van der Waals surface area contributed by atoms with Gasteiger partial charge in [-0.05, 0) is 57.0 Å². The molecule has 4 unspecified atom stereocenters. The van der Waals surface area contributed by atoms with E-state index in [0.29, 0.717) is 29.7 Å². The molecular formula is C15H28N2O. The number of hydrogen-bond acceptors (Lipinski definition) is 2. The lowest BCUT2D eigenvalue weighted by atomic mass is 9.85. The summed E-state index contributed by atoms with van der Waals surface area (Å²) in [6, 6.07) is 0.422. The number of piperidine rings is 2. The number of carbonyl (C=O) groups is 1. The van der Waals surface area contributed by atoms with Gasteiger partial charge in [0.05, 0.1) is 0 Å². The second kappa shape index (κ2) is 6.05. The molecule has 2 fully saturated rings. The molecular weight excluding hydrogens is 224 g/mol. The summed E-state index contributed by atoms with van der Waals surface area (Å²) >= 11 is 0. The van der Waals surface area contributed by atoms with Crippen LogP contribution in [0.25, 0.3) is 0 Å². The molecule has 3 nitrogen and oxygen atoms in total. The van der Waals surface area contributed by atoms with Gasteiger partial charge in [-0.25, -0.2) is 0 Å². The van der Waals surface area contributed by atoms with E-state index in [9.17, 15) is 4.79 Å². The van der Waals surface area contributed by atoms with Gasteiger partial charge in [0.2, 0.25) is 5.91 Å². The van der Waals surface area contributed by atoms with Gasteiger partial charge < -0.3 is 10.2 Å². The molecule has 0 saturated carbocycles. The van der Waals surface area contributed by atoms with Crippen molar-refractivity contribution < 1.29 is 4.79 Å². The SMILES string of the molecule is CC1CC(C)C(C)N(C(=O)CC2CCCNC2)C1. The summed E-state index contributed by atoms with van der Waals surface area (Å²) in [5, 5.41) is 3.40. The number of nitrogens with zero attached hydrogens (tertiary/aromatic N) is 1. The van der Waals surface area contributed by atoms with Crippen LogP contribution < -0.4 is 5.32 Å². The van der Waals surface area contributed by atoms with Crippen molar-refractivity contribution in [3.8, 4) is 0 Å². The molecule has 0 aromatic carbocycles. The Balaban J connectivity index is 1.90. The summed E-state index contributed by atoms with van der Waals surface area (Å²) in [4.78, 5) is 14.6. The van der Waals surface area contributed by atoms with Crippen LogP contribution in [0.15, 0.2) is 0 Å². The molecule has 1 amide bonds. The lowest BCUT2D eigenvalue weighted by Crippen LogP contribution is -2.49. The van der Waals surface area contributed by atoms with Crippen molar-refractivity contribution in [1.82, 2.24) is 10.2 Å². The Labute approximate surface area is 111 Å². The zero-order valence-electron chi connectivity index (χ0n) is 12.1. The van der Waals surface area contributed by atoms with Crippen LogP contribution in [0.2, 0.25) is 0 Å². The van der Waals surface area contributed by atoms with Crippen LogP contribution in [-0.4, -0.2) is 36.5 Å². The van der Waals surface area contributed by atoms with E-state index >= 15 is 0 Å². The van der Waals surface area contributed by atoms with Crippen molar-refractivity contribution in [2.45, 2.75) is 52.5 Å². The third-order valence-corrected chi connectivity index (χ3v) is 4.78. The Kier molecular flexibility index (Phi) is 4.66. The highest BCUT2D eigenvalue weighted by atomic mass is 16.2. The van der Waals surface area contributed by atoms with Crippen LogP contribution in [0.5, 0.6) is 0 Å². The molecule has 0 bridgehead atoms. The van der Waals surface area contributed by atoms with Gasteiger partial charge in [-0.15, -0.1) is 0 Å². The van der Waals surface area contributed by atoms with Crippen molar-refractivity contribution in [3.05, 3.63) is 0 Å². The van der Waals surface area contributed by atoms with Crippen LogP contribution in [-0.2, 0) is 4.79 Å². The summed E-state index contributed by atoms with van der Waals surface area (Å²) < 4.78 is 0. The molecule has 4 atom stereocenters. The third-order valence-electron chi connectivity index (χ3n) is 4.78. The highest BCUT2D eigenvalue weighted by Crippen LogP contribution is 2.28. The minimum absolute atomic E-state index is 0.384. The van der Waals surface area contributed by atoms with Gasteiger partial charge in [-0.3, -0.25) is 4.79 Å². The van der Waals surface area contributed by atoms with Gasteiger partial charge in [0.25, 0.3) is 0 Å². The molecule has 3 heteroatoms. The minimum atomic E-state index is 0.384. The van der Waals surface area contributed by atoms with Crippen LogP contribution in [0.4, 0.5) is 0 Å². The van der Waals surface area contributed by atoms with Gasteiger partial charge in [0.15, 0.2) is 0 Å². The molecule has 104 valence electrons. The van der Waals surface area contributed by atoms with Crippen molar-refractivity contribution in [2.24, 2.45) is 17.8 Å². The molecule has 0 aliphatic carbocycles. The van der Waals surface area contributed by atoms with Crippen molar-refractivity contribution in [3.63, 3.8) is 0 Å². The maximum atomic E-state index is 12.5. The molecule has 2 rings (SSSR count). The summed E-state index contributed by atoms with van der Waals surface area (Å²) in [6.45, 7) is 9.88. The van der Waals surface area contributed by atoms with Crippen molar-refractivity contribution in [1.29, 1.82) is 0 Å². The molecule has 0 aromatic heterocycles. The van der Waals surface area contributed by atoms with Crippen LogP contribution in [0, 0.1) is 17.8 Å². The molecule has 2 aliphatic rings.